The van der Waals surface area contributed by atoms with Gasteiger partial charge < -0.3 is 21.5 Å². The number of nitrogens with zero attached hydrogens (tertiary/aromatic N) is 2. The van der Waals surface area contributed by atoms with Crippen LogP contribution in [0.2, 0.25) is 0 Å². The van der Waals surface area contributed by atoms with Gasteiger partial charge in [0.15, 0.2) is 11.3 Å². The van der Waals surface area contributed by atoms with Crippen LogP contribution in [0.15, 0.2) is 36.5 Å². The highest BCUT2D eigenvalue weighted by molar-refractivity contribution is 9.08. The second kappa shape index (κ2) is 7.50. The van der Waals surface area contributed by atoms with E-state index in [1.165, 1.54) is 0 Å². The number of aromatic nitrogens is 2. The van der Waals surface area contributed by atoms with Gasteiger partial charge in [0.2, 0.25) is 0 Å². The Hall–Kier alpha value is -1.27. The average molecular weight is 400 g/mol. The molecule has 0 atom stereocenters. The highest BCUT2D eigenvalue weighted by atomic mass is 79.9. The van der Waals surface area contributed by atoms with E-state index in [0.29, 0.717) is 16.7 Å². The summed E-state index contributed by atoms with van der Waals surface area (Å²) in [6.07, 6.45) is 1.81. The van der Waals surface area contributed by atoms with Crippen LogP contribution in [0.25, 0.3) is 0 Å². The van der Waals surface area contributed by atoms with Gasteiger partial charge in [-0.1, -0.05) is 46.3 Å². The van der Waals surface area contributed by atoms with Crippen molar-refractivity contribution in [2.24, 2.45) is 0 Å². The number of carbonyl (C=O) groups is 1. The first-order valence-electron chi connectivity index (χ1n) is 5.87. The van der Waals surface area contributed by atoms with Crippen molar-refractivity contribution in [3.63, 3.8) is 0 Å². The summed E-state index contributed by atoms with van der Waals surface area (Å²) in [7, 11) is 0. The second-order valence-electron chi connectivity index (χ2n) is 4.21. The van der Waals surface area contributed by atoms with Gasteiger partial charge in [-0.25, -0.2) is 4.98 Å². The molecule has 4 nitrogen and oxygen atoms in total. The van der Waals surface area contributed by atoms with Crippen molar-refractivity contribution >= 4 is 21.7 Å². The number of benzene rings is 1. The number of halogens is 2. The summed E-state index contributed by atoms with van der Waals surface area (Å²) in [6, 6.07) is 9.18. The molecule has 0 aliphatic heterocycles. The lowest BCUT2D eigenvalue weighted by molar-refractivity contribution is -0.0000122. The number of ketones is 1. The number of nitrogens with one attached hydrogen (secondary N) is 1. The maximum absolute atomic E-state index is 12.1. The summed E-state index contributed by atoms with van der Waals surface area (Å²) < 4.78 is 1.78. The molecule has 2 aromatic rings. The van der Waals surface area contributed by atoms with Gasteiger partial charge in [-0.3, -0.25) is 10.2 Å². The number of hydrogen-bond acceptors (Lipinski definition) is 3. The number of aryl methyl sites for hydroxylation is 1. The van der Waals surface area contributed by atoms with Crippen LogP contribution in [0.4, 0.5) is 0 Å². The molecule has 6 heteroatoms. The van der Waals surface area contributed by atoms with Crippen LogP contribution in [-0.4, -0.2) is 15.3 Å². The zero-order valence-corrected chi connectivity index (χ0v) is 14.1. The van der Waals surface area contributed by atoms with Gasteiger partial charge in [-0.15, -0.1) is 0 Å². The van der Waals surface area contributed by atoms with Gasteiger partial charge in [0.25, 0.3) is 0 Å². The van der Waals surface area contributed by atoms with Crippen molar-refractivity contribution in [2.45, 2.75) is 18.8 Å². The molecule has 0 aliphatic rings. The summed E-state index contributed by atoms with van der Waals surface area (Å²) >= 11 is 3.32. The molecule has 0 unspecified atom stereocenters. The first kappa shape index (κ1) is 16.8. The molecule has 0 bridgehead atoms. The predicted octanol–water partition coefficient (Wildman–Crippen LogP) is -0.547. The molecule has 1 aromatic carbocycles. The molecule has 0 aliphatic carbocycles. The smallest absolute Gasteiger partial charge is 0.182 e. The van der Waals surface area contributed by atoms with Crippen LogP contribution < -0.4 is 22.5 Å². The number of rotatable bonds is 4. The largest absolute Gasteiger partial charge is 1.00 e. The van der Waals surface area contributed by atoms with E-state index >= 15 is 0 Å². The van der Waals surface area contributed by atoms with Crippen molar-refractivity contribution in [3.05, 3.63) is 59.0 Å². The predicted molar refractivity (Wildman–Crippen MR) is 76.2 cm³/mol. The summed E-state index contributed by atoms with van der Waals surface area (Å²) in [4.78, 5) is 16.3. The van der Waals surface area contributed by atoms with E-state index < -0.39 is 0 Å². The molecular weight excluding hydrogens is 386 g/mol. The minimum absolute atomic E-state index is 0. The number of carbonyl (C=O) groups excluding carboxylic acids is 1. The average Bonchev–Trinajstić information content (AvgIpc) is 2.42. The summed E-state index contributed by atoms with van der Waals surface area (Å²) in [5.74, 6) is 0.702. The third-order valence-electron chi connectivity index (χ3n) is 2.86. The fraction of sp³-hybridized carbons (Fsp3) is 0.214. The van der Waals surface area contributed by atoms with Gasteiger partial charge in [-0.2, -0.15) is 0 Å². The summed E-state index contributed by atoms with van der Waals surface area (Å²) in [5, 5.41) is 8.27. The van der Waals surface area contributed by atoms with Gasteiger partial charge in [0.1, 0.15) is 5.82 Å². The Kier molecular flexibility index (Phi) is 6.29. The number of Topliss-reactive ketones (excluding diaryl/α,β-unsaturated/α-hetero) is 1. The third kappa shape index (κ3) is 3.86. The first-order valence-corrected chi connectivity index (χ1v) is 6.99. The van der Waals surface area contributed by atoms with Crippen LogP contribution in [0.3, 0.4) is 0 Å². The van der Waals surface area contributed by atoms with E-state index in [9.17, 15) is 4.79 Å². The van der Waals surface area contributed by atoms with Crippen LogP contribution in [0.5, 0.6) is 0 Å². The summed E-state index contributed by atoms with van der Waals surface area (Å²) in [5.41, 5.74) is 1.70. The van der Waals surface area contributed by atoms with Gasteiger partial charge >= 0.3 is 0 Å². The Morgan fingerprint density at radius 3 is 2.60 bits per heavy atom. The molecule has 106 valence electrons. The minimum atomic E-state index is 0. The van der Waals surface area contributed by atoms with Crippen LogP contribution in [0, 0.1) is 12.3 Å². The van der Waals surface area contributed by atoms with Gasteiger partial charge in [-0.05, 0) is 6.92 Å². The number of alkyl halides is 1. The standard InChI is InChI=1S/C14H14BrN3O.BrH/c1-10-17-14(16)12(7-15)8-18(10)9-13(19)11-5-3-2-4-6-11;/h2-6,8,16H,7,9H2,1H3;1H/p-1. The fourth-order valence-corrected chi connectivity index (χ4v) is 2.18. The highest BCUT2D eigenvalue weighted by Crippen LogP contribution is 2.05. The van der Waals surface area contributed by atoms with Gasteiger partial charge in [0.05, 0.1) is 6.54 Å². The van der Waals surface area contributed by atoms with Crippen molar-refractivity contribution in [3.8, 4) is 0 Å². The highest BCUT2D eigenvalue weighted by Gasteiger charge is 2.09. The first-order chi connectivity index (χ1) is 9.11. The van der Waals surface area contributed by atoms with Crippen LogP contribution >= 0.6 is 15.9 Å². The molecule has 2 rings (SSSR count). The Morgan fingerprint density at radius 2 is 2.00 bits per heavy atom. The summed E-state index contributed by atoms with van der Waals surface area (Å²) in [6.45, 7) is 2.04. The van der Waals surface area contributed by atoms with E-state index in [0.717, 1.165) is 5.56 Å². The third-order valence-corrected chi connectivity index (χ3v) is 3.46. The zero-order valence-electron chi connectivity index (χ0n) is 10.9. The second-order valence-corrected chi connectivity index (χ2v) is 4.77. The van der Waals surface area contributed by atoms with Crippen LogP contribution in [0.1, 0.15) is 21.7 Å². The lowest BCUT2D eigenvalue weighted by atomic mass is 10.1. The van der Waals surface area contributed by atoms with Crippen molar-refractivity contribution in [2.75, 3.05) is 0 Å². The minimum Gasteiger partial charge on any atom is -1.00 e. The Bertz CT molecular complexity index is 653. The molecule has 0 saturated carbocycles. The maximum atomic E-state index is 12.1. The molecule has 1 heterocycles. The van der Waals surface area contributed by atoms with Crippen LogP contribution in [-0.2, 0) is 11.9 Å². The van der Waals surface area contributed by atoms with E-state index in [1.54, 1.807) is 29.8 Å². The lowest BCUT2D eigenvalue weighted by Crippen LogP contribution is -3.00. The Labute approximate surface area is 136 Å². The molecule has 0 amide bonds. The molecule has 0 saturated heterocycles. The van der Waals surface area contributed by atoms with E-state index in [4.69, 9.17) is 5.41 Å². The molecule has 0 fully saturated rings. The zero-order chi connectivity index (χ0) is 13.8. The normalized spacial score (nSPS) is 9.90. The molecule has 1 aromatic heterocycles. The molecule has 0 radical (unpaired) electrons. The van der Waals surface area contributed by atoms with E-state index in [1.807, 2.05) is 18.2 Å². The topological polar surface area (TPSA) is 58.7 Å². The fourth-order valence-electron chi connectivity index (χ4n) is 1.77. The van der Waals surface area contributed by atoms with Crippen molar-refractivity contribution in [1.82, 2.24) is 9.55 Å². The Balaban J connectivity index is 0.00000200. The molecular formula is C14H14Br2N3O-. The quantitative estimate of drug-likeness (QED) is 0.554. The molecule has 1 N–H and O–H groups in total. The molecule has 0 spiro atoms. The van der Waals surface area contributed by atoms with E-state index in [-0.39, 0.29) is 34.8 Å². The Morgan fingerprint density at radius 1 is 1.35 bits per heavy atom. The lowest BCUT2D eigenvalue weighted by Gasteiger charge is -2.11. The van der Waals surface area contributed by atoms with E-state index in [2.05, 4.69) is 20.9 Å². The maximum Gasteiger partial charge on any atom is 0.182 e. The molecule has 20 heavy (non-hydrogen) atoms. The SMILES string of the molecule is Cc1nc(=N)c(CBr)cn1CC(=O)c1ccccc1.[Br-]. The number of hydrogen-bond donors (Lipinski definition) is 1. The van der Waals surface area contributed by atoms with Crippen molar-refractivity contribution < 1.29 is 21.8 Å². The van der Waals surface area contributed by atoms with Crippen molar-refractivity contribution in [1.29, 1.82) is 5.41 Å². The van der Waals surface area contributed by atoms with Gasteiger partial charge in [0, 0.05) is 22.7 Å². The monoisotopic (exact) mass is 398 g/mol.